The van der Waals surface area contributed by atoms with E-state index in [0.29, 0.717) is 28.6 Å². The summed E-state index contributed by atoms with van der Waals surface area (Å²) in [5.74, 6) is 1.51. The lowest BCUT2D eigenvalue weighted by Crippen LogP contribution is -2.29. The third kappa shape index (κ3) is 4.56. The lowest BCUT2D eigenvalue weighted by atomic mass is 9.70. The molecule has 0 amide bonds. The second-order valence-electron chi connectivity index (χ2n) is 11.3. The van der Waals surface area contributed by atoms with Crippen LogP contribution in [0.5, 0.6) is 0 Å². The minimum atomic E-state index is -0.604. The van der Waals surface area contributed by atoms with Crippen molar-refractivity contribution in [3.63, 3.8) is 0 Å². The van der Waals surface area contributed by atoms with Crippen molar-refractivity contribution in [1.29, 1.82) is 10.5 Å². The van der Waals surface area contributed by atoms with Crippen molar-refractivity contribution in [2.45, 2.75) is 5.41 Å². The molecular formula is C41H24N6. The van der Waals surface area contributed by atoms with E-state index in [1.807, 2.05) is 48.7 Å². The molecule has 0 fully saturated rings. The van der Waals surface area contributed by atoms with Gasteiger partial charge in [-0.3, -0.25) is 4.98 Å². The summed E-state index contributed by atoms with van der Waals surface area (Å²) in [5, 5.41) is 18.7. The molecular weight excluding hydrogens is 576 g/mol. The molecule has 1 aliphatic rings. The summed E-state index contributed by atoms with van der Waals surface area (Å²) in [4.78, 5) is 19.7. The van der Waals surface area contributed by atoms with Crippen LogP contribution in [0.4, 0.5) is 0 Å². The number of aromatic nitrogens is 4. The van der Waals surface area contributed by atoms with Crippen LogP contribution < -0.4 is 0 Å². The molecule has 2 aromatic heterocycles. The summed E-state index contributed by atoms with van der Waals surface area (Å²) in [6.07, 6.45) is 1.86. The van der Waals surface area contributed by atoms with E-state index in [-0.39, 0.29) is 0 Å². The summed E-state index contributed by atoms with van der Waals surface area (Å²) in [6, 6.07) is 50.4. The number of benzene rings is 5. The molecule has 2 heterocycles. The highest BCUT2D eigenvalue weighted by Crippen LogP contribution is 2.56. The van der Waals surface area contributed by atoms with Gasteiger partial charge in [0.15, 0.2) is 17.5 Å². The summed E-state index contributed by atoms with van der Waals surface area (Å²) < 4.78 is 0. The van der Waals surface area contributed by atoms with Gasteiger partial charge in [0, 0.05) is 22.9 Å². The van der Waals surface area contributed by atoms with Crippen molar-refractivity contribution >= 4 is 0 Å². The molecule has 0 bridgehead atoms. The van der Waals surface area contributed by atoms with E-state index in [0.717, 1.165) is 44.6 Å². The summed E-state index contributed by atoms with van der Waals surface area (Å²) in [5.41, 5.74) is 9.53. The predicted octanol–water partition coefficient (Wildman–Crippen LogP) is 8.37. The summed E-state index contributed by atoms with van der Waals surface area (Å²) in [6.45, 7) is 0. The molecule has 218 valence electrons. The van der Waals surface area contributed by atoms with Crippen molar-refractivity contribution < 1.29 is 0 Å². The molecule has 7 aromatic rings. The fourth-order valence-electron chi connectivity index (χ4n) is 6.58. The topological polar surface area (TPSA) is 99.1 Å². The van der Waals surface area contributed by atoms with Gasteiger partial charge in [-0.25, -0.2) is 15.0 Å². The van der Waals surface area contributed by atoms with Crippen LogP contribution in [0.3, 0.4) is 0 Å². The zero-order valence-corrected chi connectivity index (χ0v) is 25.0. The standard InChI is InChI=1S/C41H24N6/c42-25-27-13-17-29(18-14-27)38-45-39(30-19-15-28(26-43)16-20-30)47-40(46-38)31-21-22-36-34(24-31)33-10-4-5-11-35(33)41(36,32-8-2-1-3-9-32)37-12-6-7-23-44-37/h1-24H. The van der Waals surface area contributed by atoms with Gasteiger partial charge in [0.25, 0.3) is 0 Å². The van der Waals surface area contributed by atoms with E-state index in [4.69, 9.17) is 19.9 Å². The molecule has 0 spiro atoms. The van der Waals surface area contributed by atoms with Crippen LogP contribution in [-0.2, 0) is 5.41 Å². The Hall–Kier alpha value is -6.76. The molecule has 6 nitrogen and oxygen atoms in total. The summed E-state index contributed by atoms with van der Waals surface area (Å²) in [7, 11) is 0. The number of nitrogens with zero attached hydrogens (tertiary/aromatic N) is 6. The number of nitriles is 2. The first-order chi connectivity index (χ1) is 23.2. The van der Waals surface area contributed by atoms with Gasteiger partial charge in [-0.15, -0.1) is 0 Å². The molecule has 0 N–H and O–H groups in total. The lowest BCUT2D eigenvalue weighted by Gasteiger charge is -2.32. The van der Waals surface area contributed by atoms with Crippen LogP contribution in [0.25, 0.3) is 45.3 Å². The van der Waals surface area contributed by atoms with Gasteiger partial charge >= 0.3 is 0 Å². The molecule has 0 saturated carbocycles. The van der Waals surface area contributed by atoms with E-state index in [9.17, 15) is 10.5 Å². The second kappa shape index (κ2) is 11.3. The van der Waals surface area contributed by atoms with Crippen LogP contribution >= 0.6 is 0 Å². The molecule has 5 aromatic carbocycles. The van der Waals surface area contributed by atoms with E-state index in [2.05, 4.69) is 84.9 Å². The maximum absolute atomic E-state index is 9.34. The Balaban J connectivity index is 1.35. The molecule has 0 radical (unpaired) electrons. The maximum atomic E-state index is 9.34. The Morgan fingerprint density at radius 3 is 1.60 bits per heavy atom. The number of pyridine rings is 1. The summed E-state index contributed by atoms with van der Waals surface area (Å²) >= 11 is 0. The van der Waals surface area contributed by atoms with Crippen LogP contribution in [0, 0.1) is 22.7 Å². The van der Waals surface area contributed by atoms with Crippen LogP contribution in [0.1, 0.15) is 33.5 Å². The fourth-order valence-corrected chi connectivity index (χ4v) is 6.58. The van der Waals surface area contributed by atoms with Gasteiger partial charge in [0.05, 0.1) is 34.4 Å². The number of hydrogen-bond donors (Lipinski definition) is 0. The second-order valence-corrected chi connectivity index (χ2v) is 11.3. The Labute approximate surface area is 272 Å². The molecule has 8 rings (SSSR count). The minimum absolute atomic E-state index is 0.492. The Morgan fingerprint density at radius 2 is 1.00 bits per heavy atom. The Morgan fingerprint density at radius 1 is 0.468 bits per heavy atom. The van der Waals surface area contributed by atoms with Gasteiger partial charge in [0.1, 0.15) is 0 Å². The van der Waals surface area contributed by atoms with Crippen LogP contribution in [0.2, 0.25) is 0 Å². The first kappa shape index (κ1) is 27.8. The van der Waals surface area contributed by atoms with Gasteiger partial charge < -0.3 is 0 Å². The van der Waals surface area contributed by atoms with Crippen molar-refractivity contribution in [3.8, 4) is 57.4 Å². The zero-order valence-electron chi connectivity index (χ0n) is 25.0. The number of rotatable bonds is 5. The van der Waals surface area contributed by atoms with E-state index in [1.165, 1.54) is 5.56 Å². The molecule has 1 aliphatic carbocycles. The highest BCUT2D eigenvalue weighted by Gasteiger charge is 2.47. The molecule has 0 aliphatic heterocycles. The van der Waals surface area contributed by atoms with Crippen molar-refractivity contribution in [3.05, 3.63) is 179 Å². The number of hydrogen-bond acceptors (Lipinski definition) is 6. The first-order valence-electron chi connectivity index (χ1n) is 15.2. The SMILES string of the molecule is N#Cc1ccc(-c2nc(-c3ccc(C#N)cc3)nc(-c3ccc4c(c3)-c3ccccc3C4(c3ccccc3)c3ccccn3)n2)cc1. The molecule has 6 heteroatoms. The van der Waals surface area contributed by atoms with Gasteiger partial charge in [-0.05, 0) is 94.5 Å². The third-order valence-corrected chi connectivity index (χ3v) is 8.74. The average Bonchev–Trinajstić information content (AvgIpc) is 3.46. The smallest absolute Gasteiger partial charge is 0.164 e. The van der Waals surface area contributed by atoms with Crippen molar-refractivity contribution in [2.24, 2.45) is 0 Å². The fraction of sp³-hybridized carbons (Fsp3) is 0.0244. The first-order valence-corrected chi connectivity index (χ1v) is 15.2. The predicted molar refractivity (Wildman–Crippen MR) is 181 cm³/mol. The normalized spacial score (nSPS) is 14.4. The Kier molecular flexibility index (Phi) is 6.68. The average molecular weight is 601 g/mol. The van der Waals surface area contributed by atoms with Crippen molar-refractivity contribution in [1.82, 2.24) is 19.9 Å². The van der Waals surface area contributed by atoms with Crippen molar-refractivity contribution in [2.75, 3.05) is 0 Å². The monoisotopic (exact) mass is 600 g/mol. The van der Waals surface area contributed by atoms with Crippen LogP contribution in [0.15, 0.2) is 146 Å². The van der Waals surface area contributed by atoms with E-state index in [1.54, 1.807) is 24.3 Å². The van der Waals surface area contributed by atoms with Gasteiger partial charge in [0.2, 0.25) is 0 Å². The van der Waals surface area contributed by atoms with Gasteiger partial charge in [-0.1, -0.05) is 72.8 Å². The largest absolute Gasteiger partial charge is 0.260 e. The zero-order chi connectivity index (χ0) is 31.8. The van der Waals surface area contributed by atoms with E-state index < -0.39 is 5.41 Å². The van der Waals surface area contributed by atoms with E-state index >= 15 is 0 Å². The van der Waals surface area contributed by atoms with Gasteiger partial charge in [-0.2, -0.15) is 10.5 Å². The lowest BCUT2D eigenvalue weighted by molar-refractivity contribution is 0.735. The molecule has 47 heavy (non-hydrogen) atoms. The third-order valence-electron chi connectivity index (χ3n) is 8.74. The van der Waals surface area contributed by atoms with Crippen LogP contribution in [-0.4, -0.2) is 19.9 Å². The highest BCUT2D eigenvalue weighted by atomic mass is 15.0. The molecule has 1 unspecified atom stereocenters. The quantitative estimate of drug-likeness (QED) is 0.197. The minimum Gasteiger partial charge on any atom is -0.260 e. The molecule has 1 atom stereocenters. The maximum Gasteiger partial charge on any atom is 0.164 e. The highest BCUT2D eigenvalue weighted by molar-refractivity contribution is 5.88. The Bertz CT molecular complexity index is 2240. The molecule has 0 saturated heterocycles. The number of fused-ring (bicyclic) bond motifs is 3.